The SMILES string of the molecule is CCCC(C)(N)C(=O)NCCc1cccs1. The van der Waals surface area contributed by atoms with Crippen LogP contribution in [0, 0.1) is 0 Å². The van der Waals surface area contributed by atoms with Crippen molar-refractivity contribution in [3.63, 3.8) is 0 Å². The summed E-state index contributed by atoms with van der Waals surface area (Å²) in [4.78, 5) is 13.0. The summed E-state index contributed by atoms with van der Waals surface area (Å²) in [7, 11) is 0. The van der Waals surface area contributed by atoms with Gasteiger partial charge in [-0.1, -0.05) is 19.4 Å². The van der Waals surface area contributed by atoms with Crippen molar-refractivity contribution in [1.29, 1.82) is 0 Å². The molecule has 1 rings (SSSR count). The smallest absolute Gasteiger partial charge is 0.239 e. The Morgan fingerprint density at radius 3 is 2.94 bits per heavy atom. The normalized spacial score (nSPS) is 14.4. The molecule has 0 bridgehead atoms. The van der Waals surface area contributed by atoms with Gasteiger partial charge in [0.2, 0.25) is 5.91 Å². The average molecular weight is 240 g/mol. The average Bonchev–Trinajstić information content (AvgIpc) is 2.70. The number of rotatable bonds is 6. The molecule has 4 heteroatoms. The fraction of sp³-hybridized carbons (Fsp3) is 0.583. The molecule has 0 spiro atoms. The van der Waals surface area contributed by atoms with Crippen molar-refractivity contribution in [2.24, 2.45) is 5.73 Å². The van der Waals surface area contributed by atoms with Gasteiger partial charge in [-0.05, 0) is 31.2 Å². The number of carbonyl (C=O) groups is 1. The summed E-state index contributed by atoms with van der Waals surface area (Å²) in [5.74, 6) is -0.0501. The third-order valence-corrected chi connectivity index (χ3v) is 3.46. The van der Waals surface area contributed by atoms with Gasteiger partial charge in [0.1, 0.15) is 0 Å². The van der Waals surface area contributed by atoms with E-state index in [2.05, 4.69) is 11.4 Å². The second-order valence-corrected chi connectivity index (χ2v) is 5.28. The minimum atomic E-state index is -0.732. The Bertz CT molecular complexity index is 320. The molecule has 0 saturated carbocycles. The standard InChI is InChI=1S/C12H20N2OS/c1-3-7-12(2,13)11(15)14-8-6-10-5-4-9-16-10/h4-5,9H,3,6-8,13H2,1-2H3,(H,14,15). The first-order valence-electron chi connectivity index (χ1n) is 5.66. The van der Waals surface area contributed by atoms with Gasteiger partial charge in [-0.2, -0.15) is 0 Å². The minimum Gasteiger partial charge on any atom is -0.354 e. The summed E-state index contributed by atoms with van der Waals surface area (Å²) in [5, 5.41) is 4.93. The van der Waals surface area contributed by atoms with Crippen LogP contribution in [0.15, 0.2) is 17.5 Å². The molecule has 0 aliphatic carbocycles. The van der Waals surface area contributed by atoms with Crippen LogP contribution in [0.4, 0.5) is 0 Å². The summed E-state index contributed by atoms with van der Waals surface area (Å²) in [6.07, 6.45) is 2.52. The number of nitrogens with two attached hydrogens (primary N) is 1. The van der Waals surface area contributed by atoms with Gasteiger partial charge in [0.15, 0.2) is 0 Å². The summed E-state index contributed by atoms with van der Waals surface area (Å²) < 4.78 is 0. The highest BCUT2D eigenvalue weighted by atomic mass is 32.1. The molecule has 1 heterocycles. The van der Waals surface area contributed by atoms with E-state index in [1.54, 1.807) is 18.3 Å². The zero-order valence-electron chi connectivity index (χ0n) is 9.95. The molecule has 0 radical (unpaired) electrons. The molecule has 1 amide bonds. The van der Waals surface area contributed by atoms with E-state index >= 15 is 0 Å². The summed E-state index contributed by atoms with van der Waals surface area (Å²) in [6.45, 7) is 4.48. The molecule has 1 unspecified atom stereocenters. The lowest BCUT2D eigenvalue weighted by molar-refractivity contribution is -0.126. The summed E-state index contributed by atoms with van der Waals surface area (Å²) in [5.41, 5.74) is 5.19. The molecule has 3 nitrogen and oxygen atoms in total. The fourth-order valence-corrected chi connectivity index (χ4v) is 2.30. The monoisotopic (exact) mass is 240 g/mol. The predicted octanol–water partition coefficient (Wildman–Crippen LogP) is 1.92. The number of hydrogen-bond acceptors (Lipinski definition) is 3. The van der Waals surface area contributed by atoms with Crippen LogP contribution >= 0.6 is 11.3 Å². The zero-order chi connectivity index (χ0) is 12.0. The van der Waals surface area contributed by atoms with Crippen LogP contribution < -0.4 is 11.1 Å². The topological polar surface area (TPSA) is 55.1 Å². The van der Waals surface area contributed by atoms with Crippen LogP contribution in [0.5, 0.6) is 0 Å². The second-order valence-electron chi connectivity index (χ2n) is 4.25. The molecule has 3 N–H and O–H groups in total. The molecule has 1 aromatic heterocycles. The largest absolute Gasteiger partial charge is 0.354 e. The van der Waals surface area contributed by atoms with Gasteiger partial charge in [-0.15, -0.1) is 11.3 Å². The van der Waals surface area contributed by atoms with Crippen LogP contribution in [-0.2, 0) is 11.2 Å². The highest BCUT2D eigenvalue weighted by Gasteiger charge is 2.26. The Kier molecular flexibility index (Phi) is 4.96. The predicted molar refractivity (Wildman–Crippen MR) is 68.5 cm³/mol. The molecular formula is C12H20N2OS. The van der Waals surface area contributed by atoms with E-state index in [9.17, 15) is 4.79 Å². The van der Waals surface area contributed by atoms with Crippen LogP contribution in [0.25, 0.3) is 0 Å². The zero-order valence-corrected chi connectivity index (χ0v) is 10.8. The number of carbonyl (C=O) groups excluding carboxylic acids is 1. The van der Waals surface area contributed by atoms with Crippen molar-refractivity contribution < 1.29 is 4.79 Å². The van der Waals surface area contributed by atoms with Gasteiger partial charge in [0.25, 0.3) is 0 Å². The second kappa shape index (κ2) is 6.01. The number of thiophene rings is 1. The van der Waals surface area contributed by atoms with E-state index in [0.29, 0.717) is 6.54 Å². The van der Waals surface area contributed by atoms with Gasteiger partial charge in [0.05, 0.1) is 5.54 Å². The maximum absolute atomic E-state index is 11.8. The minimum absolute atomic E-state index is 0.0501. The van der Waals surface area contributed by atoms with E-state index in [0.717, 1.165) is 19.3 Å². The molecule has 90 valence electrons. The molecule has 0 saturated heterocycles. The first-order valence-corrected chi connectivity index (χ1v) is 6.54. The van der Waals surface area contributed by atoms with Crippen LogP contribution in [-0.4, -0.2) is 18.0 Å². The van der Waals surface area contributed by atoms with Crippen LogP contribution in [0.1, 0.15) is 31.6 Å². The lowest BCUT2D eigenvalue weighted by Gasteiger charge is -2.22. The molecule has 0 aliphatic rings. The van der Waals surface area contributed by atoms with Gasteiger partial charge in [-0.25, -0.2) is 0 Å². The Labute approximate surface area is 101 Å². The number of amides is 1. The van der Waals surface area contributed by atoms with Crippen molar-refractivity contribution in [3.8, 4) is 0 Å². The maximum Gasteiger partial charge on any atom is 0.239 e. The molecule has 0 fully saturated rings. The highest BCUT2D eigenvalue weighted by molar-refractivity contribution is 7.09. The van der Waals surface area contributed by atoms with Crippen molar-refractivity contribution in [2.45, 2.75) is 38.6 Å². The van der Waals surface area contributed by atoms with E-state index in [1.807, 2.05) is 18.4 Å². The van der Waals surface area contributed by atoms with Crippen LogP contribution in [0.3, 0.4) is 0 Å². The van der Waals surface area contributed by atoms with Crippen molar-refractivity contribution >= 4 is 17.2 Å². The molecule has 0 aromatic carbocycles. The van der Waals surface area contributed by atoms with Gasteiger partial charge >= 0.3 is 0 Å². The molecule has 1 aromatic rings. The van der Waals surface area contributed by atoms with Gasteiger partial charge in [-0.3, -0.25) is 4.79 Å². The Hall–Kier alpha value is -0.870. The van der Waals surface area contributed by atoms with E-state index in [1.165, 1.54) is 4.88 Å². The highest BCUT2D eigenvalue weighted by Crippen LogP contribution is 2.10. The Morgan fingerprint density at radius 1 is 1.62 bits per heavy atom. The molecule has 1 atom stereocenters. The lowest BCUT2D eigenvalue weighted by atomic mass is 9.96. The third-order valence-electron chi connectivity index (χ3n) is 2.53. The summed E-state index contributed by atoms with van der Waals surface area (Å²) in [6, 6.07) is 4.09. The molecule has 0 aliphatic heterocycles. The lowest BCUT2D eigenvalue weighted by Crippen LogP contribution is -2.51. The number of nitrogens with one attached hydrogen (secondary N) is 1. The van der Waals surface area contributed by atoms with Gasteiger partial charge in [0, 0.05) is 11.4 Å². The third kappa shape index (κ3) is 3.94. The molecular weight excluding hydrogens is 220 g/mol. The van der Waals surface area contributed by atoms with Crippen molar-refractivity contribution in [3.05, 3.63) is 22.4 Å². The first kappa shape index (κ1) is 13.2. The van der Waals surface area contributed by atoms with E-state index in [-0.39, 0.29) is 5.91 Å². The maximum atomic E-state index is 11.8. The Morgan fingerprint density at radius 2 is 2.38 bits per heavy atom. The van der Waals surface area contributed by atoms with Gasteiger partial charge < -0.3 is 11.1 Å². The van der Waals surface area contributed by atoms with Crippen molar-refractivity contribution in [1.82, 2.24) is 5.32 Å². The molecule has 16 heavy (non-hydrogen) atoms. The van der Waals surface area contributed by atoms with Crippen LogP contribution in [0.2, 0.25) is 0 Å². The number of hydrogen-bond donors (Lipinski definition) is 2. The first-order chi connectivity index (χ1) is 7.56. The fourth-order valence-electron chi connectivity index (χ4n) is 1.59. The van der Waals surface area contributed by atoms with E-state index < -0.39 is 5.54 Å². The quantitative estimate of drug-likeness (QED) is 0.798. The summed E-state index contributed by atoms with van der Waals surface area (Å²) >= 11 is 1.71. The van der Waals surface area contributed by atoms with E-state index in [4.69, 9.17) is 5.73 Å². The van der Waals surface area contributed by atoms with Crippen molar-refractivity contribution in [2.75, 3.05) is 6.54 Å². The Balaban J connectivity index is 2.30.